The van der Waals surface area contributed by atoms with Crippen LogP contribution in [-0.4, -0.2) is 60.9 Å². The van der Waals surface area contributed by atoms with Crippen molar-refractivity contribution in [2.24, 2.45) is 0 Å². The molecule has 1 fully saturated rings. The van der Waals surface area contributed by atoms with E-state index < -0.39 is 23.9 Å². The molecule has 0 saturated carbocycles. The minimum absolute atomic E-state index is 0.227. The lowest BCUT2D eigenvalue weighted by Crippen LogP contribution is -2.46. The van der Waals surface area contributed by atoms with E-state index in [0.29, 0.717) is 6.54 Å². The van der Waals surface area contributed by atoms with E-state index in [2.05, 4.69) is 22.3 Å². The topological polar surface area (TPSA) is 61.8 Å². The van der Waals surface area contributed by atoms with Gasteiger partial charge in [0.05, 0.1) is 18.8 Å². The molecule has 5 nitrogen and oxygen atoms in total. The van der Waals surface area contributed by atoms with Gasteiger partial charge in [0.2, 0.25) is 0 Å². The van der Waals surface area contributed by atoms with Gasteiger partial charge in [0, 0.05) is 18.7 Å². The lowest BCUT2D eigenvalue weighted by molar-refractivity contribution is 0.0203. The van der Waals surface area contributed by atoms with Crippen molar-refractivity contribution in [3.05, 3.63) is 71.5 Å². The third-order valence-electron chi connectivity index (χ3n) is 4.80. The Morgan fingerprint density at radius 3 is 2.78 bits per heavy atom. The number of carbonyl (C=O) groups excluding carboxylic acids is 1. The predicted octanol–water partition coefficient (Wildman–Crippen LogP) is 1.86. The Hall–Kier alpha value is -2.28. The highest BCUT2D eigenvalue weighted by molar-refractivity contribution is 5.94. The van der Waals surface area contributed by atoms with Crippen molar-refractivity contribution in [3.63, 3.8) is 0 Å². The average molecular weight is 372 g/mol. The minimum Gasteiger partial charge on any atom is -0.388 e. The molecule has 144 valence electrons. The summed E-state index contributed by atoms with van der Waals surface area (Å²) in [6, 6.07) is 15.2. The molecular weight excluding hydrogens is 347 g/mol. The van der Waals surface area contributed by atoms with Crippen LogP contribution in [0.5, 0.6) is 0 Å². The monoisotopic (exact) mass is 372 g/mol. The molecule has 0 radical (unpaired) electrons. The number of benzene rings is 2. The molecule has 2 aromatic carbocycles. The van der Waals surface area contributed by atoms with Gasteiger partial charge in [-0.25, -0.2) is 4.39 Å². The first kappa shape index (κ1) is 19.5. The number of aliphatic hydroxyl groups is 1. The molecule has 0 spiro atoms. The fourth-order valence-electron chi connectivity index (χ4n) is 3.22. The standard InChI is InChI=1S/C21H25FN2O3/c1-24(11-10-15-6-3-2-4-7-15)13-19-20(25)18(14-27-19)23-21(26)16-8-5-9-17(22)12-16/h2-9,12,18-20,25H,10-11,13-14H2,1H3,(H,23,26)/t18-,19-,20+/m0/s1. The van der Waals surface area contributed by atoms with Gasteiger partial charge >= 0.3 is 0 Å². The first-order valence-electron chi connectivity index (χ1n) is 9.11. The highest BCUT2D eigenvalue weighted by Gasteiger charge is 2.37. The van der Waals surface area contributed by atoms with Gasteiger partial charge in [-0.2, -0.15) is 0 Å². The van der Waals surface area contributed by atoms with Crippen LogP contribution in [0.4, 0.5) is 4.39 Å². The summed E-state index contributed by atoms with van der Waals surface area (Å²) in [6.45, 7) is 1.65. The molecule has 0 aliphatic carbocycles. The number of carbonyl (C=O) groups is 1. The normalized spacial score (nSPS) is 22.1. The van der Waals surface area contributed by atoms with Crippen molar-refractivity contribution >= 4 is 5.91 Å². The maximum atomic E-state index is 13.3. The van der Waals surface area contributed by atoms with Crippen LogP contribution in [0.3, 0.4) is 0 Å². The number of hydrogen-bond donors (Lipinski definition) is 2. The third kappa shape index (κ3) is 5.35. The molecule has 2 aromatic rings. The smallest absolute Gasteiger partial charge is 0.251 e. The fraction of sp³-hybridized carbons (Fsp3) is 0.381. The number of hydrogen-bond acceptors (Lipinski definition) is 4. The van der Waals surface area contributed by atoms with Crippen LogP contribution in [0.1, 0.15) is 15.9 Å². The number of nitrogens with zero attached hydrogens (tertiary/aromatic N) is 1. The summed E-state index contributed by atoms with van der Waals surface area (Å²) < 4.78 is 18.9. The van der Waals surface area contributed by atoms with E-state index >= 15 is 0 Å². The van der Waals surface area contributed by atoms with Gasteiger partial charge in [0.1, 0.15) is 11.9 Å². The lowest BCUT2D eigenvalue weighted by atomic mass is 10.1. The van der Waals surface area contributed by atoms with Crippen LogP contribution < -0.4 is 5.32 Å². The van der Waals surface area contributed by atoms with Crippen LogP contribution in [0.15, 0.2) is 54.6 Å². The third-order valence-corrected chi connectivity index (χ3v) is 4.80. The second kappa shape index (κ2) is 9.08. The van der Waals surface area contributed by atoms with E-state index in [1.165, 1.54) is 29.8 Å². The Morgan fingerprint density at radius 1 is 1.26 bits per heavy atom. The van der Waals surface area contributed by atoms with Crippen LogP contribution in [-0.2, 0) is 11.2 Å². The molecular formula is C21H25FN2O3. The van der Waals surface area contributed by atoms with E-state index in [0.717, 1.165) is 13.0 Å². The Kier molecular flexibility index (Phi) is 6.55. The van der Waals surface area contributed by atoms with Gasteiger partial charge in [-0.15, -0.1) is 0 Å². The van der Waals surface area contributed by atoms with Gasteiger partial charge in [0.25, 0.3) is 5.91 Å². The molecule has 1 aliphatic rings. The average Bonchev–Trinajstić information content (AvgIpc) is 3.00. The molecule has 1 aliphatic heterocycles. The van der Waals surface area contributed by atoms with Gasteiger partial charge in [-0.05, 0) is 37.2 Å². The van der Waals surface area contributed by atoms with Gasteiger partial charge in [-0.1, -0.05) is 36.4 Å². The highest BCUT2D eigenvalue weighted by atomic mass is 19.1. The number of rotatable bonds is 7. The Balaban J connectivity index is 1.47. The maximum absolute atomic E-state index is 13.3. The van der Waals surface area contributed by atoms with E-state index in [1.807, 2.05) is 25.2 Å². The molecule has 0 unspecified atom stereocenters. The van der Waals surface area contributed by atoms with Crippen LogP contribution in [0.25, 0.3) is 0 Å². The zero-order valence-electron chi connectivity index (χ0n) is 15.3. The van der Waals surface area contributed by atoms with Crippen molar-refractivity contribution in [1.29, 1.82) is 0 Å². The molecule has 3 atom stereocenters. The lowest BCUT2D eigenvalue weighted by Gasteiger charge is -2.24. The van der Waals surface area contributed by atoms with Gasteiger partial charge in [0.15, 0.2) is 0 Å². The zero-order valence-corrected chi connectivity index (χ0v) is 15.3. The molecule has 0 bridgehead atoms. The second-order valence-corrected chi connectivity index (χ2v) is 6.95. The molecule has 6 heteroatoms. The summed E-state index contributed by atoms with van der Waals surface area (Å²) in [5.41, 5.74) is 1.49. The summed E-state index contributed by atoms with van der Waals surface area (Å²) in [5.74, 6) is -0.885. The number of amides is 1. The second-order valence-electron chi connectivity index (χ2n) is 6.95. The highest BCUT2D eigenvalue weighted by Crippen LogP contribution is 2.16. The minimum atomic E-state index is -0.804. The summed E-state index contributed by atoms with van der Waals surface area (Å²) >= 11 is 0. The van der Waals surface area contributed by atoms with Crippen LogP contribution in [0.2, 0.25) is 0 Å². The van der Waals surface area contributed by atoms with Crippen LogP contribution in [0, 0.1) is 5.82 Å². The summed E-state index contributed by atoms with van der Waals surface area (Å²) in [6.07, 6.45) is -0.259. The largest absolute Gasteiger partial charge is 0.388 e. The van der Waals surface area contributed by atoms with E-state index in [-0.39, 0.29) is 18.3 Å². The molecule has 27 heavy (non-hydrogen) atoms. The van der Waals surface area contributed by atoms with Crippen molar-refractivity contribution in [3.8, 4) is 0 Å². The van der Waals surface area contributed by atoms with Crippen molar-refractivity contribution in [2.45, 2.75) is 24.7 Å². The van der Waals surface area contributed by atoms with E-state index in [9.17, 15) is 14.3 Å². The number of nitrogens with one attached hydrogen (secondary N) is 1. The Bertz CT molecular complexity index is 756. The van der Waals surface area contributed by atoms with Crippen molar-refractivity contribution < 1.29 is 19.0 Å². The summed E-state index contributed by atoms with van der Waals surface area (Å²) in [5, 5.41) is 13.2. The van der Waals surface area contributed by atoms with Crippen molar-refractivity contribution in [2.75, 3.05) is 26.7 Å². The molecule has 3 rings (SSSR count). The summed E-state index contributed by atoms with van der Waals surface area (Å²) in [7, 11) is 1.98. The first-order chi connectivity index (χ1) is 13.0. The summed E-state index contributed by atoms with van der Waals surface area (Å²) in [4.78, 5) is 14.3. The quantitative estimate of drug-likeness (QED) is 0.779. The molecule has 2 N–H and O–H groups in total. The molecule has 1 heterocycles. The number of ether oxygens (including phenoxy) is 1. The maximum Gasteiger partial charge on any atom is 0.251 e. The molecule has 1 amide bonds. The number of halogens is 1. The van der Waals surface area contributed by atoms with E-state index in [4.69, 9.17) is 4.74 Å². The number of aliphatic hydroxyl groups excluding tert-OH is 1. The predicted molar refractivity (Wildman–Crippen MR) is 101 cm³/mol. The van der Waals surface area contributed by atoms with Crippen molar-refractivity contribution in [1.82, 2.24) is 10.2 Å². The molecule has 1 saturated heterocycles. The fourth-order valence-corrected chi connectivity index (χ4v) is 3.22. The zero-order chi connectivity index (χ0) is 19.2. The number of likely N-dealkylation sites (N-methyl/N-ethyl adjacent to an activating group) is 1. The molecule has 0 aromatic heterocycles. The van der Waals surface area contributed by atoms with Gasteiger partial charge < -0.3 is 20.1 Å². The van der Waals surface area contributed by atoms with Gasteiger partial charge in [-0.3, -0.25) is 4.79 Å². The Morgan fingerprint density at radius 2 is 2.04 bits per heavy atom. The first-order valence-corrected chi connectivity index (χ1v) is 9.11. The Labute approximate surface area is 158 Å². The van der Waals surface area contributed by atoms with Crippen LogP contribution >= 0.6 is 0 Å². The SMILES string of the molecule is CN(CCc1ccccc1)C[C@@H]1OC[C@H](NC(=O)c2cccc(F)c2)[C@H]1O. The van der Waals surface area contributed by atoms with E-state index in [1.54, 1.807) is 0 Å².